The van der Waals surface area contributed by atoms with Crippen molar-refractivity contribution >= 4 is 45.9 Å². The fourth-order valence-corrected chi connectivity index (χ4v) is 3.73. The van der Waals surface area contributed by atoms with E-state index in [1.807, 2.05) is 23.9 Å². The first-order valence-electron chi connectivity index (χ1n) is 11.5. The van der Waals surface area contributed by atoms with Crippen LogP contribution in [0.15, 0.2) is 54.9 Å². The zero-order valence-corrected chi connectivity index (χ0v) is 21.1. The van der Waals surface area contributed by atoms with E-state index in [2.05, 4.69) is 62.4 Å². The summed E-state index contributed by atoms with van der Waals surface area (Å²) in [4.78, 5) is 17.8. The molecule has 35 heavy (non-hydrogen) atoms. The standard InChI is InChI=1S/C22H23FN8.C3H8S/c1-29-9-11-30(12-10-29)16-7-5-15(6-8-16)26-22-25-13-17-18(23)14-31(21(17)28-22)20-4-2-3-19(24)27-20;1-3-4-2/h2-8,13-14H,9-12H2,1H3,(H2,24,27)(H,25,26,28);3H2,1-2H3. The second-order valence-electron chi connectivity index (χ2n) is 8.24. The van der Waals surface area contributed by atoms with E-state index in [1.54, 1.807) is 22.8 Å². The number of piperazine rings is 1. The minimum absolute atomic E-state index is 0.320. The van der Waals surface area contributed by atoms with Gasteiger partial charge in [-0.2, -0.15) is 16.7 Å². The number of aromatic nitrogens is 4. The second kappa shape index (κ2) is 11.4. The maximum atomic E-state index is 14.4. The van der Waals surface area contributed by atoms with Gasteiger partial charge in [0.25, 0.3) is 0 Å². The Morgan fingerprint density at radius 2 is 1.77 bits per heavy atom. The molecule has 0 radical (unpaired) electrons. The molecule has 1 aromatic carbocycles. The van der Waals surface area contributed by atoms with Crippen molar-refractivity contribution in [2.24, 2.45) is 0 Å². The van der Waals surface area contributed by atoms with E-state index in [4.69, 9.17) is 5.73 Å². The number of nitrogens with two attached hydrogens (primary N) is 1. The molecule has 0 unspecified atom stereocenters. The summed E-state index contributed by atoms with van der Waals surface area (Å²) in [5, 5.41) is 3.52. The average Bonchev–Trinajstić information content (AvgIpc) is 3.21. The Morgan fingerprint density at radius 1 is 1.06 bits per heavy atom. The van der Waals surface area contributed by atoms with Crippen LogP contribution in [-0.2, 0) is 0 Å². The number of nitrogens with one attached hydrogen (secondary N) is 1. The molecule has 1 aliphatic rings. The molecular weight excluding hydrogens is 463 g/mol. The van der Waals surface area contributed by atoms with Gasteiger partial charge in [0, 0.05) is 49.9 Å². The third-order valence-corrected chi connectivity index (χ3v) is 6.36. The molecular formula is C25H31FN8S. The third kappa shape index (κ3) is 6.01. The normalized spacial score (nSPS) is 14.0. The third-order valence-electron chi connectivity index (χ3n) is 5.78. The Morgan fingerprint density at radius 3 is 2.43 bits per heavy atom. The molecule has 5 rings (SSSR count). The summed E-state index contributed by atoms with van der Waals surface area (Å²) in [7, 11) is 2.15. The molecule has 0 atom stereocenters. The Kier molecular flexibility index (Phi) is 8.04. The van der Waals surface area contributed by atoms with E-state index in [1.165, 1.54) is 23.8 Å². The van der Waals surface area contributed by atoms with Gasteiger partial charge in [-0.25, -0.2) is 14.4 Å². The number of fused-ring (bicyclic) bond motifs is 1. The molecule has 184 valence electrons. The van der Waals surface area contributed by atoms with Crippen molar-refractivity contribution in [1.29, 1.82) is 0 Å². The molecule has 1 fully saturated rings. The van der Waals surface area contributed by atoms with Crippen molar-refractivity contribution in [3.05, 3.63) is 60.7 Å². The van der Waals surface area contributed by atoms with Crippen LogP contribution in [0.3, 0.4) is 0 Å². The predicted molar refractivity (Wildman–Crippen MR) is 145 cm³/mol. The van der Waals surface area contributed by atoms with Gasteiger partial charge in [0.2, 0.25) is 5.95 Å². The lowest BCUT2D eigenvalue weighted by Crippen LogP contribution is -2.44. The zero-order chi connectivity index (χ0) is 24.8. The quantitative estimate of drug-likeness (QED) is 0.422. The van der Waals surface area contributed by atoms with Crippen LogP contribution >= 0.6 is 11.8 Å². The van der Waals surface area contributed by atoms with Crippen molar-refractivity contribution in [2.75, 3.05) is 61.2 Å². The molecule has 0 saturated carbocycles. The number of anilines is 4. The predicted octanol–water partition coefficient (Wildman–Crippen LogP) is 4.40. The Bertz CT molecular complexity index is 1250. The van der Waals surface area contributed by atoms with Crippen LogP contribution in [0.5, 0.6) is 0 Å². The van der Waals surface area contributed by atoms with Crippen LogP contribution < -0.4 is 16.0 Å². The van der Waals surface area contributed by atoms with Gasteiger partial charge in [0.1, 0.15) is 11.6 Å². The summed E-state index contributed by atoms with van der Waals surface area (Å²) < 4.78 is 16.0. The molecule has 3 aromatic heterocycles. The highest BCUT2D eigenvalue weighted by Gasteiger charge is 2.15. The molecule has 0 spiro atoms. The van der Waals surface area contributed by atoms with Crippen molar-refractivity contribution < 1.29 is 4.39 Å². The number of rotatable bonds is 5. The van der Waals surface area contributed by atoms with E-state index in [0.29, 0.717) is 28.6 Å². The van der Waals surface area contributed by atoms with Gasteiger partial charge in [-0.05, 0) is 55.5 Å². The highest BCUT2D eigenvalue weighted by Crippen LogP contribution is 2.25. The van der Waals surface area contributed by atoms with Gasteiger partial charge in [-0.1, -0.05) is 13.0 Å². The molecule has 1 saturated heterocycles. The van der Waals surface area contributed by atoms with E-state index >= 15 is 0 Å². The first-order chi connectivity index (χ1) is 17.0. The van der Waals surface area contributed by atoms with Crippen LogP contribution in [0, 0.1) is 5.82 Å². The Balaban J connectivity index is 0.000000672. The molecule has 3 N–H and O–H groups in total. The maximum Gasteiger partial charge on any atom is 0.229 e. The van der Waals surface area contributed by atoms with Crippen LogP contribution in [-0.4, -0.2) is 69.7 Å². The van der Waals surface area contributed by atoms with Crippen LogP contribution in [0.2, 0.25) is 0 Å². The monoisotopic (exact) mass is 494 g/mol. The number of likely N-dealkylation sites (N-methyl/N-ethyl adjacent to an activating group) is 1. The number of hydrogen-bond donors (Lipinski definition) is 2. The molecule has 10 heteroatoms. The fourth-order valence-electron chi connectivity index (χ4n) is 3.73. The summed E-state index contributed by atoms with van der Waals surface area (Å²) in [6.07, 6.45) is 4.91. The zero-order valence-electron chi connectivity index (χ0n) is 20.3. The minimum Gasteiger partial charge on any atom is -0.384 e. The minimum atomic E-state index is -0.415. The first kappa shape index (κ1) is 24.7. The van der Waals surface area contributed by atoms with Crippen molar-refractivity contribution in [3.63, 3.8) is 0 Å². The van der Waals surface area contributed by atoms with Crippen LogP contribution in [0.4, 0.5) is 27.5 Å². The van der Waals surface area contributed by atoms with Crippen LogP contribution in [0.1, 0.15) is 6.92 Å². The SMILES string of the molecule is CCSC.CN1CCN(c2ccc(Nc3ncc4c(F)cn(-c5cccc(N)n5)c4n3)cc2)CC1. The maximum absolute atomic E-state index is 14.4. The lowest BCUT2D eigenvalue weighted by Gasteiger charge is -2.34. The van der Waals surface area contributed by atoms with Gasteiger partial charge in [0.05, 0.1) is 5.39 Å². The summed E-state index contributed by atoms with van der Waals surface area (Å²) in [5.41, 5.74) is 8.25. The lowest BCUT2D eigenvalue weighted by atomic mass is 10.2. The van der Waals surface area contributed by atoms with Crippen LogP contribution in [0.25, 0.3) is 16.9 Å². The van der Waals surface area contributed by atoms with Gasteiger partial charge in [0.15, 0.2) is 11.5 Å². The average molecular weight is 495 g/mol. The van der Waals surface area contributed by atoms with E-state index in [0.717, 1.165) is 31.9 Å². The number of halogens is 1. The molecule has 4 aromatic rings. The number of nitrogens with zero attached hydrogens (tertiary/aromatic N) is 6. The summed E-state index contributed by atoms with van der Waals surface area (Å²) in [6, 6.07) is 13.4. The van der Waals surface area contributed by atoms with Gasteiger partial charge in [-0.3, -0.25) is 4.57 Å². The number of pyridine rings is 1. The fraction of sp³-hybridized carbons (Fsp3) is 0.320. The highest BCUT2D eigenvalue weighted by molar-refractivity contribution is 7.98. The molecule has 0 amide bonds. The smallest absolute Gasteiger partial charge is 0.229 e. The topological polar surface area (TPSA) is 88.1 Å². The second-order valence-corrected chi connectivity index (χ2v) is 9.39. The van der Waals surface area contributed by atoms with Crippen molar-refractivity contribution in [1.82, 2.24) is 24.4 Å². The molecule has 1 aliphatic heterocycles. The van der Waals surface area contributed by atoms with E-state index in [9.17, 15) is 4.39 Å². The summed E-state index contributed by atoms with van der Waals surface area (Å²) in [5.74, 6) is 2.05. The summed E-state index contributed by atoms with van der Waals surface area (Å²) in [6.45, 7) is 6.30. The first-order valence-corrected chi connectivity index (χ1v) is 12.9. The number of thioether (sulfide) groups is 1. The molecule has 4 heterocycles. The molecule has 8 nitrogen and oxygen atoms in total. The lowest BCUT2D eigenvalue weighted by molar-refractivity contribution is 0.313. The molecule has 0 aliphatic carbocycles. The van der Waals surface area contributed by atoms with Crippen molar-refractivity contribution in [3.8, 4) is 5.82 Å². The van der Waals surface area contributed by atoms with E-state index < -0.39 is 5.82 Å². The largest absolute Gasteiger partial charge is 0.384 e. The van der Waals surface area contributed by atoms with Gasteiger partial charge >= 0.3 is 0 Å². The molecule has 0 bridgehead atoms. The van der Waals surface area contributed by atoms with E-state index in [-0.39, 0.29) is 0 Å². The highest BCUT2D eigenvalue weighted by atomic mass is 32.2. The Labute approximate surface area is 209 Å². The van der Waals surface area contributed by atoms with Gasteiger partial charge < -0.3 is 20.9 Å². The number of hydrogen-bond acceptors (Lipinski definition) is 8. The number of benzene rings is 1. The van der Waals surface area contributed by atoms with Gasteiger partial charge in [-0.15, -0.1) is 0 Å². The van der Waals surface area contributed by atoms with Crippen molar-refractivity contribution in [2.45, 2.75) is 6.92 Å². The Hall–Kier alpha value is -3.37. The number of nitrogen functional groups attached to an aromatic ring is 1. The summed E-state index contributed by atoms with van der Waals surface area (Å²) >= 11 is 1.86.